The number of nitro benzene ring substituents is 1. The van der Waals surface area contributed by atoms with Gasteiger partial charge in [-0.15, -0.1) is 0 Å². The smallest absolute Gasteiger partial charge is 0.269 e. The summed E-state index contributed by atoms with van der Waals surface area (Å²) in [7, 11) is 1.60. The lowest BCUT2D eigenvalue weighted by Crippen LogP contribution is -2.20. The summed E-state index contributed by atoms with van der Waals surface area (Å²) >= 11 is 0. The van der Waals surface area contributed by atoms with E-state index in [-0.39, 0.29) is 23.6 Å². The molecule has 7 heteroatoms. The van der Waals surface area contributed by atoms with Crippen LogP contribution in [0.5, 0.6) is 0 Å². The zero-order valence-electron chi connectivity index (χ0n) is 12.2. The van der Waals surface area contributed by atoms with Gasteiger partial charge in [0.15, 0.2) is 0 Å². The number of aryl methyl sites for hydroxylation is 2. The Hall–Kier alpha value is -2.96. The number of nitro groups is 1. The number of hydrogen-bond donors (Lipinski definition) is 1. The Morgan fingerprint density at radius 1 is 1.36 bits per heavy atom. The fraction of sp³-hybridized carbons (Fsp3) is 0.200. The maximum Gasteiger partial charge on any atom is 0.269 e. The van der Waals surface area contributed by atoms with Gasteiger partial charge in [0.05, 0.1) is 17.0 Å². The molecule has 1 aromatic heterocycles. The number of hydrogen-bond acceptors (Lipinski definition) is 4. The van der Waals surface area contributed by atoms with Crippen molar-refractivity contribution in [3.63, 3.8) is 0 Å². The van der Waals surface area contributed by atoms with Crippen LogP contribution in [0.2, 0.25) is 0 Å². The molecule has 0 aliphatic carbocycles. The second-order valence-electron chi connectivity index (χ2n) is 4.97. The lowest BCUT2D eigenvalue weighted by Gasteiger charge is -2.09. The molecule has 0 saturated heterocycles. The summed E-state index contributed by atoms with van der Waals surface area (Å²) in [6, 6.07) is 7.37. The summed E-state index contributed by atoms with van der Waals surface area (Å²) in [5.41, 5.74) is 1.54. The van der Waals surface area contributed by atoms with Crippen LogP contribution in [0.3, 0.4) is 0 Å². The molecule has 114 valence electrons. The van der Waals surface area contributed by atoms with Gasteiger partial charge in [0.1, 0.15) is 0 Å². The molecule has 0 aliphatic heterocycles. The lowest BCUT2D eigenvalue weighted by atomic mass is 10.1. The van der Waals surface area contributed by atoms with Crippen LogP contribution in [0, 0.1) is 17.0 Å². The summed E-state index contributed by atoms with van der Waals surface area (Å²) < 4.78 is 1.37. The van der Waals surface area contributed by atoms with Crippen molar-refractivity contribution in [1.82, 2.24) is 4.57 Å². The number of anilines is 1. The van der Waals surface area contributed by atoms with Gasteiger partial charge in [0.2, 0.25) is 5.91 Å². The van der Waals surface area contributed by atoms with E-state index < -0.39 is 4.92 Å². The highest BCUT2D eigenvalue weighted by atomic mass is 16.6. The monoisotopic (exact) mass is 301 g/mol. The second-order valence-corrected chi connectivity index (χ2v) is 4.97. The molecular weight excluding hydrogens is 286 g/mol. The minimum atomic E-state index is -0.501. The van der Waals surface area contributed by atoms with Gasteiger partial charge in [-0.2, -0.15) is 0 Å². The molecule has 22 heavy (non-hydrogen) atoms. The average molecular weight is 301 g/mol. The predicted octanol–water partition coefficient (Wildman–Crippen LogP) is 1.78. The highest BCUT2D eigenvalue weighted by Gasteiger charge is 2.10. The second kappa shape index (κ2) is 6.21. The fourth-order valence-corrected chi connectivity index (χ4v) is 2.01. The van der Waals surface area contributed by atoms with E-state index in [0.29, 0.717) is 16.8 Å². The van der Waals surface area contributed by atoms with E-state index in [1.807, 2.05) is 0 Å². The number of carbonyl (C=O) groups excluding carboxylic acids is 1. The first-order chi connectivity index (χ1) is 10.4. The molecule has 1 N–H and O–H groups in total. The van der Waals surface area contributed by atoms with Crippen LogP contribution < -0.4 is 10.9 Å². The maximum absolute atomic E-state index is 12.0. The Kier molecular flexibility index (Phi) is 4.36. The molecule has 2 aromatic rings. The SMILES string of the molecule is Cc1cc(=O)n(C)cc1NC(=O)Cc1cccc([N+](=O)[O-])c1. The molecule has 1 amide bonds. The normalized spacial score (nSPS) is 10.3. The van der Waals surface area contributed by atoms with Gasteiger partial charge >= 0.3 is 0 Å². The summed E-state index contributed by atoms with van der Waals surface area (Å²) in [6.07, 6.45) is 1.56. The minimum absolute atomic E-state index is 0.0178. The molecule has 0 radical (unpaired) electrons. The lowest BCUT2D eigenvalue weighted by molar-refractivity contribution is -0.384. The van der Waals surface area contributed by atoms with Crippen molar-refractivity contribution in [1.29, 1.82) is 0 Å². The van der Waals surface area contributed by atoms with Gasteiger partial charge in [-0.25, -0.2) is 0 Å². The van der Waals surface area contributed by atoms with Crippen LogP contribution in [0.4, 0.5) is 11.4 Å². The number of nitrogens with zero attached hydrogens (tertiary/aromatic N) is 2. The summed E-state index contributed by atoms with van der Waals surface area (Å²) in [5, 5.41) is 13.4. The van der Waals surface area contributed by atoms with Gasteiger partial charge in [0.25, 0.3) is 11.2 Å². The van der Waals surface area contributed by atoms with Gasteiger partial charge in [0, 0.05) is 31.4 Å². The molecule has 2 rings (SSSR count). The van der Waals surface area contributed by atoms with Gasteiger partial charge in [-0.1, -0.05) is 12.1 Å². The van der Waals surface area contributed by atoms with Crippen LogP contribution in [-0.4, -0.2) is 15.4 Å². The Morgan fingerprint density at radius 2 is 2.09 bits per heavy atom. The highest BCUT2D eigenvalue weighted by molar-refractivity contribution is 5.92. The molecule has 0 aliphatic rings. The quantitative estimate of drug-likeness (QED) is 0.688. The number of aromatic nitrogens is 1. The van der Waals surface area contributed by atoms with Crippen LogP contribution in [0.15, 0.2) is 41.3 Å². The van der Waals surface area contributed by atoms with Gasteiger partial charge < -0.3 is 9.88 Å². The van der Waals surface area contributed by atoms with E-state index in [0.717, 1.165) is 0 Å². The third-order valence-electron chi connectivity index (χ3n) is 3.20. The number of amides is 1. The molecule has 0 spiro atoms. The van der Waals surface area contributed by atoms with Gasteiger partial charge in [-0.05, 0) is 18.1 Å². The summed E-state index contributed by atoms with van der Waals surface area (Å²) in [5.74, 6) is -0.303. The van der Waals surface area contributed by atoms with E-state index in [1.54, 1.807) is 26.2 Å². The Bertz CT molecular complexity index is 796. The molecule has 0 unspecified atom stereocenters. The van der Waals surface area contributed by atoms with E-state index in [1.165, 1.54) is 28.8 Å². The van der Waals surface area contributed by atoms with Crippen LogP contribution in [0.1, 0.15) is 11.1 Å². The number of rotatable bonds is 4. The van der Waals surface area contributed by atoms with Crippen molar-refractivity contribution in [2.24, 2.45) is 7.05 Å². The Morgan fingerprint density at radius 3 is 2.77 bits per heavy atom. The largest absolute Gasteiger partial charge is 0.324 e. The number of carbonyl (C=O) groups is 1. The molecule has 0 bridgehead atoms. The van der Waals surface area contributed by atoms with Crippen LogP contribution in [0.25, 0.3) is 0 Å². The van der Waals surface area contributed by atoms with Crippen molar-refractivity contribution < 1.29 is 9.72 Å². The first-order valence-corrected chi connectivity index (χ1v) is 6.57. The first kappa shape index (κ1) is 15.4. The number of benzene rings is 1. The van der Waals surface area contributed by atoms with Crippen molar-refractivity contribution >= 4 is 17.3 Å². The summed E-state index contributed by atoms with van der Waals surface area (Å²) in [4.78, 5) is 33.7. The average Bonchev–Trinajstić information content (AvgIpc) is 2.45. The zero-order valence-corrected chi connectivity index (χ0v) is 12.2. The van der Waals surface area contributed by atoms with Gasteiger partial charge in [-0.3, -0.25) is 19.7 Å². The van der Waals surface area contributed by atoms with Crippen LogP contribution in [-0.2, 0) is 18.3 Å². The third kappa shape index (κ3) is 3.57. The fourth-order valence-electron chi connectivity index (χ4n) is 2.01. The first-order valence-electron chi connectivity index (χ1n) is 6.57. The third-order valence-corrected chi connectivity index (χ3v) is 3.20. The Labute approximate surface area is 126 Å². The topological polar surface area (TPSA) is 94.2 Å². The molecular formula is C15H15N3O4. The molecule has 0 atom stereocenters. The Balaban J connectivity index is 2.14. The van der Waals surface area contributed by atoms with E-state index >= 15 is 0 Å². The minimum Gasteiger partial charge on any atom is -0.324 e. The van der Waals surface area contributed by atoms with Crippen LogP contribution >= 0.6 is 0 Å². The number of pyridine rings is 1. The van der Waals surface area contributed by atoms with Crippen molar-refractivity contribution in [2.45, 2.75) is 13.3 Å². The molecule has 7 nitrogen and oxygen atoms in total. The summed E-state index contributed by atoms with van der Waals surface area (Å²) in [6.45, 7) is 1.73. The van der Waals surface area contributed by atoms with Crippen molar-refractivity contribution in [2.75, 3.05) is 5.32 Å². The van der Waals surface area contributed by atoms with Crippen molar-refractivity contribution in [3.8, 4) is 0 Å². The van der Waals surface area contributed by atoms with E-state index in [4.69, 9.17) is 0 Å². The maximum atomic E-state index is 12.0. The number of non-ortho nitro benzene ring substituents is 1. The highest BCUT2D eigenvalue weighted by Crippen LogP contribution is 2.15. The molecule has 0 fully saturated rings. The molecule has 1 heterocycles. The number of nitrogens with one attached hydrogen (secondary N) is 1. The van der Waals surface area contributed by atoms with Crippen molar-refractivity contribution in [3.05, 3.63) is 68.1 Å². The molecule has 0 saturated carbocycles. The van der Waals surface area contributed by atoms with E-state index in [9.17, 15) is 19.7 Å². The standard InChI is InChI=1S/C15H15N3O4/c1-10-6-15(20)17(2)9-13(10)16-14(19)8-11-4-3-5-12(7-11)18(21)22/h3-7,9H,8H2,1-2H3,(H,16,19). The predicted molar refractivity (Wildman–Crippen MR) is 81.9 cm³/mol. The van der Waals surface area contributed by atoms with E-state index in [2.05, 4.69) is 5.32 Å². The molecule has 1 aromatic carbocycles. The zero-order chi connectivity index (χ0) is 16.3.